The van der Waals surface area contributed by atoms with Crippen molar-refractivity contribution in [2.75, 3.05) is 18.4 Å². The highest BCUT2D eigenvalue weighted by atomic mass is 16.4. The van der Waals surface area contributed by atoms with Gasteiger partial charge >= 0.3 is 6.01 Å². The van der Waals surface area contributed by atoms with E-state index in [1.54, 1.807) is 0 Å². The van der Waals surface area contributed by atoms with Crippen molar-refractivity contribution in [2.45, 2.75) is 63.8 Å². The van der Waals surface area contributed by atoms with E-state index in [4.69, 9.17) is 4.42 Å². The predicted molar refractivity (Wildman–Crippen MR) is 81.5 cm³/mol. The Hall–Kier alpha value is -1.59. The minimum atomic E-state index is -0.317. The standard InChI is InChI=1S/C16H24N4O2/c1-11(14(21)20-9-7-16(5-6-16)8-10-20)17-15-19-18-13(22-15)12-3-2-4-12/h11-12H,2-10H2,1H3,(H,17,19). The van der Waals surface area contributed by atoms with Crippen molar-refractivity contribution in [1.82, 2.24) is 15.1 Å². The summed E-state index contributed by atoms with van der Waals surface area (Å²) in [4.78, 5) is 14.5. The number of aromatic nitrogens is 2. The lowest BCUT2D eigenvalue weighted by Crippen LogP contribution is -2.45. The summed E-state index contributed by atoms with van der Waals surface area (Å²) in [6.07, 6.45) is 8.54. The smallest absolute Gasteiger partial charge is 0.316 e. The molecule has 2 aliphatic carbocycles. The van der Waals surface area contributed by atoms with E-state index in [0.29, 0.717) is 23.2 Å². The van der Waals surface area contributed by atoms with Crippen molar-refractivity contribution >= 4 is 11.9 Å². The number of hydrogen-bond acceptors (Lipinski definition) is 5. The number of carbonyl (C=O) groups excluding carboxylic acids is 1. The van der Waals surface area contributed by atoms with Gasteiger partial charge in [-0.15, -0.1) is 5.10 Å². The molecular formula is C16H24N4O2. The molecule has 1 saturated heterocycles. The molecule has 1 aromatic rings. The van der Waals surface area contributed by atoms with E-state index in [1.165, 1.54) is 19.3 Å². The van der Waals surface area contributed by atoms with Crippen LogP contribution in [0.15, 0.2) is 4.42 Å². The van der Waals surface area contributed by atoms with Crippen molar-refractivity contribution in [3.8, 4) is 0 Å². The van der Waals surface area contributed by atoms with Crippen LogP contribution in [-0.4, -0.2) is 40.1 Å². The molecule has 4 rings (SSSR count). The lowest BCUT2D eigenvalue weighted by atomic mass is 9.85. The first-order valence-electron chi connectivity index (χ1n) is 8.54. The minimum Gasteiger partial charge on any atom is -0.408 e. The number of amides is 1. The largest absolute Gasteiger partial charge is 0.408 e. The molecule has 6 heteroatoms. The molecule has 0 bridgehead atoms. The van der Waals surface area contributed by atoms with Crippen LogP contribution in [0.1, 0.15) is 63.7 Å². The molecule has 2 saturated carbocycles. The summed E-state index contributed by atoms with van der Waals surface area (Å²) in [6.45, 7) is 3.65. The first kappa shape index (κ1) is 14.0. The van der Waals surface area contributed by atoms with E-state index in [0.717, 1.165) is 38.8 Å². The van der Waals surface area contributed by atoms with Gasteiger partial charge in [-0.1, -0.05) is 11.5 Å². The van der Waals surface area contributed by atoms with Gasteiger partial charge in [-0.2, -0.15) is 0 Å². The average molecular weight is 304 g/mol. The van der Waals surface area contributed by atoms with Crippen molar-refractivity contribution in [3.63, 3.8) is 0 Å². The fraction of sp³-hybridized carbons (Fsp3) is 0.812. The maximum atomic E-state index is 12.5. The number of likely N-dealkylation sites (tertiary alicyclic amines) is 1. The Bertz CT molecular complexity index is 552. The van der Waals surface area contributed by atoms with Crippen molar-refractivity contribution in [1.29, 1.82) is 0 Å². The molecule has 2 heterocycles. The van der Waals surface area contributed by atoms with E-state index in [9.17, 15) is 4.79 Å². The van der Waals surface area contributed by atoms with Crippen LogP contribution in [0.25, 0.3) is 0 Å². The maximum Gasteiger partial charge on any atom is 0.316 e. The topological polar surface area (TPSA) is 71.3 Å². The van der Waals surface area contributed by atoms with Crippen molar-refractivity contribution in [3.05, 3.63) is 5.89 Å². The molecule has 0 aromatic carbocycles. The third-order valence-corrected chi connectivity index (χ3v) is 5.70. The zero-order chi connectivity index (χ0) is 15.2. The lowest BCUT2D eigenvalue weighted by Gasteiger charge is -2.33. The summed E-state index contributed by atoms with van der Waals surface area (Å²) in [7, 11) is 0. The number of nitrogens with zero attached hydrogens (tertiary/aromatic N) is 3. The van der Waals surface area contributed by atoms with Gasteiger partial charge in [0.2, 0.25) is 11.8 Å². The fourth-order valence-electron chi connectivity index (χ4n) is 3.51. The van der Waals surface area contributed by atoms with Crippen LogP contribution in [0.2, 0.25) is 0 Å². The molecule has 3 aliphatic rings. The van der Waals surface area contributed by atoms with E-state index in [-0.39, 0.29) is 11.9 Å². The molecule has 1 unspecified atom stereocenters. The second kappa shape index (κ2) is 5.25. The van der Waals surface area contributed by atoms with Gasteiger partial charge in [-0.3, -0.25) is 4.79 Å². The normalized spacial score (nSPS) is 24.9. The Morgan fingerprint density at radius 1 is 1.27 bits per heavy atom. The molecule has 22 heavy (non-hydrogen) atoms. The second-order valence-corrected chi connectivity index (χ2v) is 7.26. The van der Waals surface area contributed by atoms with Gasteiger partial charge in [-0.25, -0.2) is 0 Å². The molecule has 1 spiro atoms. The fourth-order valence-corrected chi connectivity index (χ4v) is 3.51. The summed E-state index contributed by atoms with van der Waals surface area (Å²) in [5.74, 6) is 1.27. The SMILES string of the molecule is CC(Nc1nnc(C2CCC2)o1)C(=O)N1CCC2(CC1)CC2. The van der Waals surface area contributed by atoms with Gasteiger partial charge in [0.25, 0.3) is 0 Å². The highest BCUT2D eigenvalue weighted by Crippen LogP contribution is 2.53. The molecular weight excluding hydrogens is 280 g/mol. The Balaban J connectivity index is 1.31. The molecule has 1 amide bonds. The number of piperidine rings is 1. The summed E-state index contributed by atoms with van der Waals surface area (Å²) >= 11 is 0. The number of nitrogens with one attached hydrogen (secondary N) is 1. The quantitative estimate of drug-likeness (QED) is 0.925. The van der Waals surface area contributed by atoms with Crippen LogP contribution in [0.3, 0.4) is 0 Å². The van der Waals surface area contributed by atoms with Gasteiger partial charge in [0.1, 0.15) is 6.04 Å². The molecule has 1 aliphatic heterocycles. The molecule has 3 fully saturated rings. The Morgan fingerprint density at radius 3 is 2.59 bits per heavy atom. The first-order valence-corrected chi connectivity index (χ1v) is 8.54. The second-order valence-electron chi connectivity index (χ2n) is 7.26. The zero-order valence-electron chi connectivity index (χ0n) is 13.2. The summed E-state index contributed by atoms with van der Waals surface area (Å²) < 4.78 is 5.63. The summed E-state index contributed by atoms with van der Waals surface area (Å²) in [5.41, 5.74) is 0.595. The van der Waals surface area contributed by atoms with Crippen molar-refractivity contribution in [2.24, 2.45) is 5.41 Å². The predicted octanol–water partition coefficient (Wildman–Crippen LogP) is 2.54. The average Bonchev–Trinajstić information content (AvgIpc) is 3.06. The molecule has 6 nitrogen and oxygen atoms in total. The molecule has 120 valence electrons. The Kier molecular flexibility index (Phi) is 3.35. The van der Waals surface area contributed by atoms with Crippen LogP contribution in [-0.2, 0) is 4.79 Å². The third kappa shape index (κ3) is 2.59. The number of rotatable bonds is 4. The van der Waals surface area contributed by atoms with Crippen LogP contribution < -0.4 is 5.32 Å². The monoisotopic (exact) mass is 304 g/mol. The van der Waals surface area contributed by atoms with Gasteiger partial charge in [-0.05, 0) is 50.9 Å². The van der Waals surface area contributed by atoms with E-state index < -0.39 is 0 Å². The van der Waals surface area contributed by atoms with E-state index in [1.807, 2.05) is 11.8 Å². The Labute approximate surface area is 130 Å². The number of hydrogen-bond donors (Lipinski definition) is 1. The van der Waals surface area contributed by atoms with Crippen molar-refractivity contribution < 1.29 is 9.21 Å². The van der Waals surface area contributed by atoms with E-state index in [2.05, 4.69) is 15.5 Å². The maximum absolute atomic E-state index is 12.5. The molecule has 0 radical (unpaired) electrons. The van der Waals surface area contributed by atoms with Gasteiger partial charge < -0.3 is 14.6 Å². The van der Waals surface area contributed by atoms with Crippen LogP contribution in [0.5, 0.6) is 0 Å². The molecule has 1 atom stereocenters. The van der Waals surface area contributed by atoms with Gasteiger partial charge in [0.15, 0.2) is 0 Å². The van der Waals surface area contributed by atoms with Crippen LogP contribution in [0, 0.1) is 5.41 Å². The first-order chi connectivity index (χ1) is 10.7. The Morgan fingerprint density at radius 2 is 2.00 bits per heavy atom. The number of anilines is 1. The number of carbonyl (C=O) groups is 1. The third-order valence-electron chi connectivity index (χ3n) is 5.70. The van der Waals surface area contributed by atoms with Crippen LogP contribution >= 0.6 is 0 Å². The zero-order valence-corrected chi connectivity index (χ0v) is 13.2. The minimum absolute atomic E-state index is 0.138. The highest BCUT2D eigenvalue weighted by molar-refractivity contribution is 5.83. The lowest BCUT2D eigenvalue weighted by molar-refractivity contribution is -0.133. The summed E-state index contributed by atoms with van der Waals surface area (Å²) in [6, 6.07) is 0.0568. The summed E-state index contributed by atoms with van der Waals surface area (Å²) in [5, 5.41) is 11.2. The molecule has 1 N–H and O–H groups in total. The molecule has 1 aromatic heterocycles. The van der Waals surface area contributed by atoms with Crippen LogP contribution in [0.4, 0.5) is 6.01 Å². The van der Waals surface area contributed by atoms with Gasteiger partial charge in [0, 0.05) is 19.0 Å². The van der Waals surface area contributed by atoms with E-state index >= 15 is 0 Å². The highest BCUT2D eigenvalue weighted by Gasteiger charge is 2.45. The van der Waals surface area contributed by atoms with Gasteiger partial charge in [0.05, 0.1) is 0 Å².